The Balaban J connectivity index is 1.94. The van der Waals surface area contributed by atoms with E-state index in [2.05, 4.69) is 5.32 Å². The summed E-state index contributed by atoms with van der Waals surface area (Å²) in [7, 11) is 3.88. The van der Waals surface area contributed by atoms with Gasteiger partial charge in [-0.05, 0) is 66.4 Å². The number of rotatable bonds is 10. The van der Waals surface area contributed by atoms with Gasteiger partial charge in [-0.3, -0.25) is 9.59 Å². The van der Waals surface area contributed by atoms with Crippen LogP contribution in [-0.4, -0.2) is 30.8 Å². The van der Waals surface area contributed by atoms with Gasteiger partial charge in [-0.15, -0.1) is 0 Å². The van der Waals surface area contributed by atoms with Crippen LogP contribution in [0.15, 0.2) is 66.7 Å². The summed E-state index contributed by atoms with van der Waals surface area (Å²) < 4.78 is 13.5. The molecule has 3 rings (SSSR count). The number of benzene rings is 3. The average molecular weight is 510 g/mol. The van der Waals surface area contributed by atoms with Gasteiger partial charge in [-0.1, -0.05) is 49.7 Å². The number of hydrogen-bond donors (Lipinski definition) is 1. The molecular formula is C29H33ClFN3O2. The zero-order valence-electron chi connectivity index (χ0n) is 21.2. The van der Waals surface area contributed by atoms with Crippen molar-refractivity contribution in [2.24, 2.45) is 5.92 Å². The van der Waals surface area contributed by atoms with Gasteiger partial charge in [-0.2, -0.15) is 0 Å². The average Bonchev–Trinajstić information content (AvgIpc) is 2.85. The lowest BCUT2D eigenvalue weighted by Crippen LogP contribution is -2.35. The van der Waals surface area contributed by atoms with Crippen molar-refractivity contribution in [1.29, 1.82) is 0 Å². The third kappa shape index (κ3) is 6.85. The van der Waals surface area contributed by atoms with E-state index in [-0.39, 0.29) is 23.5 Å². The van der Waals surface area contributed by atoms with Crippen molar-refractivity contribution in [1.82, 2.24) is 4.90 Å². The highest BCUT2D eigenvalue weighted by atomic mass is 35.5. The highest BCUT2D eigenvalue weighted by Gasteiger charge is 2.23. The van der Waals surface area contributed by atoms with Crippen molar-refractivity contribution in [3.05, 3.63) is 94.3 Å². The molecule has 5 nitrogen and oxygen atoms in total. The van der Waals surface area contributed by atoms with Crippen LogP contribution in [0.2, 0.25) is 5.02 Å². The standard InChI is InChI=1S/C29H33ClFN3O2/c1-5-21(6-2)29(36)34(18-20-11-13-23(31)14-12-20)19-22-17-24(15-16-27(22)33(3)4)32-28(35)25-9-7-8-10-26(25)30/h7-17,21H,5-6,18-19H2,1-4H3,(H,32,35). The monoisotopic (exact) mass is 509 g/mol. The Bertz CT molecular complexity index is 1190. The predicted molar refractivity (Wildman–Crippen MR) is 145 cm³/mol. The van der Waals surface area contributed by atoms with Crippen LogP contribution in [0.5, 0.6) is 0 Å². The van der Waals surface area contributed by atoms with Gasteiger partial charge in [0, 0.05) is 44.5 Å². The van der Waals surface area contributed by atoms with Gasteiger partial charge >= 0.3 is 0 Å². The molecule has 36 heavy (non-hydrogen) atoms. The molecule has 0 aliphatic carbocycles. The van der Waals surface area contributed by atoms with Crippen molar-refractivity contribution in [2.45, 2.75) is 39.8 Å². The van der Waals surface area contributed by atoms with E-state index in [4.69, 9.17) is 11.6 Å². The first-order valence-electron chi connectivity index (χ1n) is 12.1. The zero-order chi connectivity index (χ0) is 26.2. The van der Waals surface area contributed by atoms with E-state index in [1.165, 1.54) is 12.1 Å². The topological polar surface area (TPSA) is 52.7 Å². The Morgan fingerprint density at radius 2 is 1.61 bits per heavy atom. The summed E-state index contributed by atoms with van der Waals surface area (Å²) in [5, 5.41) is 3.30. The molecule has 0 unspecified atom stereocenters. The zero-order valence-corrected chi connectivity index (χ0v) is 22.0. The quantitative estimate of drug-likeness (QED) is 0.328. The maximum atomic E-state index is 13.5. The number of nitrogens with zero attached hydrogens (tertiary/aromatic N) is 2. The molecule has 0 radical (unpaired) electrons. The summed E-state index contributed by atoms with van der Waals surface area (Å²) in [5.41, 5.74) is 3.67. The molecule has 3 aromatic rings. The second-order valence-electron chi connectivity index (χ2n) is 9.01. The molecule has 3 aromatic carbocycles. The Kier molecular flexibility index (Phi) is 9.48. The fourth-order valence-electron chi connectivity index (χ4n) is 4.19. The van der Waals surface area contributed by atoms with Crippen LogP contribution in [0.3, 0.4) is 0 Å². The van der Waals surface area contributed by atoms with E-state index in [0.717, 1.165) is 29.7 Å². The van der Waals surface area contributed by atoms with E-state index in [1.54, 1.807) is 36.4 Å². The van der Waals surface area contributed by atoms with Gasteiger partial charge in [0.2, 0.25) is 5.91 Å². The van der Waals surface area contributed by atoms with Gasteiger partial charge < -0.3 is 15.1 Å². The number of anilines is 2. The van der Waals surface area contributed by atoms with Crippen LogP contribution in [0.4, 0.5) is 15.8 Å². The molecule has 0 aromatic heterocycles. The maximum absolute atomic E-state index is 13.5. The number of halogens is 2. The molecule has 0 bridgehead atoms. The first kappa shape index (κ1) is 27.2. The fraction of sp³-hybridized carbons (Fsp3) is 0.310. The number of amides is 2. The predicted octanol–water partition coefficient (Wildman–Crippen LogP) is 6.76. The van der Waals surface area contributed by atoms with Crippen LogP contribution in [-0.2, 0) is 17.9 Å². The van der Waals surface area contributed by atoms with Gasteiger partial charge in [0.15, 0.2) is 0 Å². The lowest BCUT2D eigenvalue weighted by Gasteiger charge is -2.29. The van der Waals surface area contributed by atoms with E-state index in [1.807, 2.05) is 55.9 Å². The highest BCUT2D eigenvalue weighted by molar-refractivity contribution is 6.34. The molecule has 2 amide bonds. The van der Waals surface area contributed by atoms with Gasteiger partial charge in [0.1, 0.15) is 5.82 Å². The Morgan fingerprint density at radius 3 is 2.22 bits per heavy atom. The van der Waals surface area contributed by atoms with Crippen molar-refractivity contribution in [3.8, 4) is 0 Å². The van der Waals surface area contributed by atoms with Gasteiger partial charge in [0.05, 0.1) is 10.6 Å². The van der Waals surface area contributed by atoms with E-state index in [0.29, 0.717) is 29.4 Å². The molecule has 1 N–H and O–H groups in total. The first-order valence-corrected chi connectivity index (χ1v) is 12.5. The minimum Gasteiger partial charge on any atom is -0.377 e. The molecule has 0 spiro atoms. The van der Waals surface area contributed by atoms with Crippen molar-refractivity contribution >= 4 is 34.8 Å². The Labute approximate surface area is 217 Å². The summed E-state index contributed by atoms with van der Waals surface area (Å²) in [6.45, 7) is 4.73. The molecule has 0 saturated heterocycles. The normalized spacial score (nSPS) is 10.9. The molecule has 0 heterocycles. The van der Waals surface area contributed by atoms with Crippen LogP contribution < -0.4 is 10.2 Å². The van der Waals surface area contributed by atoms with Crippen molar-refractivity contribution in [3.63, 3.8) is 0 Å². The van der Waals surface area contributed by atoms with Crippen molar-refractivity contribution in [2.75, 3.05) is 24.3 Å². The van der Waals surface area contributed by atoms with Crippen LogP contribution in [0, 0.1) is 11.7 Å². The molecule has 0 atom stereocenters. The number of carbonyl (C=O) groups excluding carboxylic acids is 2. The summed E-state index contributed by atoms with van der Waals surface area (Å²) in [4.78, 5) is 30.1. The van der Waals surface area contributed by atoms with Gasteiger partial charge in [-0.25, -0.2) is 4.39 Å². The number of carbonyl (C=O) groups is 2. The largest absolute Gasteiger partial charge is 0.377 e. The van der Waals surface area contributed by atoms with E-state index in [9.17, 15) is 14.0 Å². The van der Waals surface area contributed by atoms with Crippen LogP contribution in [0.25, 0.3) is 0 Å². The Hall–Kier alpha value is -3.38. The second-order valence-corrected chi connectivity index (χ2v) is 9.41. The van der Waals surface area contributed by atoms with Crippen LogP contribution in [0.1, 0.15) is 48.2 Å². The lowest BCUT2D eigenvalue weighted by atomic mass is 10.0. The number of hydrogen-bond acceptors (Lipinski definition) is 3. The minimum atomic E-state index is -0.312. The minimum absolute atomic E-state index is 0.0551. The summed E-state index contributed by atoms with van der Waals surface area (Å²) in [5.74, 6) is -0.662. The van der Waals surface area contributed by atoms with E-state index < -0.39 is 0 Å². The number of nitrogens with one attached hydrogen (secondary N) is 1. The van der Waals surface area contributed by atoms with Crippen LogP contribution >= 0.6 is 11.6 Å². The highest BCUT2D eigenvalue weighted by Crippen LogP contribution is 2.27. The first-order chi connectivity index (χ1) is 17.2. The molecule has 7 heteroatoms. The summed E-state index contributed by atoms with van der Waals surface area (Å²) in [6.07, 6.45) is 1.48. The third-order valence-electron chi connectivity index (χ3n) is 6.23. The molecule has 0 aliphatic rings. The van der Waals surface area contributed by atoms with Gasteiger partial charge in [0.25, 0.3) is 5.91 Å². The molecule has 0 aliphatic heterocycles. The van der Waals surface area contributed by atoms with E-state index >= 15 is 0 Å². The third-order valence-corrected chi connectivity index (χ3v) is 6.56. The maximum Gasteiger partial charge on any atom is 0.257 e. The summed E-state index contributed by atoms with van der Waals surface area (Å²) >= 11 is 6.20. The fourth-order valence-corrected chi connectivity index (χ4v) is 4.42. The smallest absolute Gasteiger partial charge is 0.257 e. The molecule has 0 saturated carbocycles. The SMILES string of the molecule is CCC(CC)C(=O)N(Cc1ccc(F)cc1)Cc1cc(NC(=O)c2ccccc2Cl)ccc1N(C)C. The van der Waals surface area contributed by atoms with Crippen molar-refractivity contribution < 1.29 is 14.0 Å². The molecular weight excluding hydrogens is 477 g/mol. The Morgan fingerprint density at radius 1 is 0.944 bits per heavy atom. The second kappa shape index (κ2) is 12.5. The lowest BCUT2D eigenvalue weighted by molar-refractivity contribution is -0.137. The molecule has 0 fully saturated rings. The molecule has 190 valence electrons. The summed E-state index contributed by atoms with van der Waals surface area (Å²) in [6, 6.07) is 18.8.